The molecule has 1 atom stereocenters. The van der Waals surface area contributed by atoms with Crippen LogP contribution in [0.1, 0.15) is 27.6 Å². The quantitative estimate of drug-likeness (QED) is 0.923. The van der Waals surface area contributed by atoms with Gasteiger partial charge in [-0.05, 0) is 36.8 Å². The fourth-order valence-corrected chi connectivity index (χ4v) is 2.01. The summed E-state index contributed by atoms with van der Waals surface area (Å²) >= 11 is 0. The molecule has 0 aliphatic carbocycles. The van der Waals surface area contributed by atoms with Crippen molar-refractivity contribution in [1.82, 2.24) is 4.90 Å². The minimum absolute atomic E-state index is 0.0498. The van der Waals surface area contributed by atoms with Gasteiger partial charge in [0, 0.05) is 19.7 Å². The zero-order valence-corrected chi connectivity index (χ0v) is 13.1. The molecule has 0 aliphatic heterocycles. The van der Waals surface area contributed by atoms with Gasteiger partial charge in [0.1, 0.15) is 18.5 Å². The number of carbonyl (C=O) groups is 1. The number of benzene rings is 2. The number of aliphatic hydroxyl groups is 1. The van der Waals surface area contributed by atoms with Crippen molar-refractivity contribution in [3.05, 3.63) is 65.2 Å². The Labute approximate surface area is 131 Å². The number of ether oxygens (including phenoxy) is 1. The molecule has 1 amide bonds. The lowest BCUT2D eigenvalue weighted by Gasteiger charge is -2.14. The maximum Gasteiger partial charge on any atom is 0.253 e. The highest BCUT2D eigenvalue weighted by molar-refractivity contribution is 5.93. The first-order valence-electron chi connectivity index (χ1n) is 7.16. The lowest BCUT2D eigenvalue weighted by atomic mass is 10.1. The maximum atomic E-state index is 11.8. The van der Waals surface area contributed by atoms with Gasteiger partial charge in [-0.25, -0.2) is 0 Å². The van der Waals surface area contributed by atoms with Crippen molar-refractivity contribution in [1.29, 1.82) is 0 Å². The maximum absolute atomic E-state index is 11.8. The number of hydrogen-bond donors (Lipinski definition) is 1. The van der Waals surface area contributed by atoms with Crippen molar-refractivity contribution in [3.63, 3.8) is 0 Å². The average molecular weight is 299 g/mol. The van der Waals surface area contributed by atoms with Crippen molar-refractivity contribution >= 4 is 5.91 Å². The van der Waals surface area contributed by atoms with Crippen LogP contribution in [0.15, 0.2) is 48.5 Å². The van der Waals surface area contributed by atoms with Crippen LogP contribution in [0.4, 0.5) is 0 Å². The fraction of sp³-hybridized carbons (Fsp3) is 0.278. The molecule has 2 rings (SSSR count). The van der Waals surface area contributed by atoms with Crippen molar-refractivity contribution in [2.75, 3.05) is 20.7 Å². The summed E-state index contributed by atoms with van der Waals surface area (Å²) in [5, 5.41) is 10.1. The van der Waals surface area contributed by atoms with Crippen molar-refractivity contribution in [2.45, 2.75) is 13.0 Å². The van der Waals surface area contributed by atoms with E-state index in [-0.39, 0.29) is 12.5 Å². The number of nitrogens with zero attached hydrogens (tertiary/aromatic N) is 1. The molecule has 0 radical (unpaired) electrons. The lowest BCUT2D eigenvalue weighted by molar-refractivity contribution is 0.0827. The minimum atomic E-state index is -0.677. The number of hydrogen-bond acceptors (Lipinski definition) is 3. The van der Waals surface area contributed by atoms with E-state index in [9.17, 15) is 9.90 Å². The zero-order chi connectivity index (χ0) is 16.1. The summed E-state index contributed by atoms with van der Waals surface area (Å²) < 4.78 is 5.57. The Kier molecular flexibility index (Phi) is 5.17. The van der Waals surface area contributed by atoms with Crippen LogP contribution in [-0.2, 0) is 0 Å². The summed E-state index contributed by atoms with van der Waals surface area (Å²) in [6, 6.07) is 14.6. The third-order valence-corrected chi connectivity index (χ3v) is 3.38. The zero-order valence-electron chi connectivity index (χ0n) is 13.1. The molecule has 4 nitrogen and oxygen atoms in total. The molecule has 1 N–H and O–H groups in total. The number of aryl methyl sites for hydroxylation is 1. The number of amides is 1. The van der Waals surface area contributed by atoms with Crippen LogP contribution < -0.4 is 4.74 Å². The van der Waals surface area contributed by atoms with Crippen molar-refractivity contribution in [2.24, 2.45) is 0 Å². The number of carbonyl (C=O) groups excluding carboxylic acids is 1. The Hall–Kier alpha value is -2.33. The third-order valence-electron chi connectivity index (χ3n) is 3.38. The molecule has 0 spiro atoms. The summed E-state index contributed by atoms with van der Waals surface area (Å²) in [5.74, 6) is 0.577. The standard InChI is InChI=1S/C18H21NO3/c1-13-4-6-14(7-5-13)17(20)12-22-16-10-8-15(9-11-16)18(21)19(2)3/h4-11,17,20H,12H2,1-3H3. The Morgan fingerprint density at radius 3 is 2.23 bits per heavy atom. The van der Waals surface area contributed by atoms with Gasteiger partial charge < -0.3 is 14.7 Å². The second-order valence-electron chi connectivity index (χ2n) is 5.46. The Morgan fingerprint density at radius 2 is 1.68 bits per heavy atom. The summed E-state index contributed by atoms with van der Waals surface area (Å²) in [5.41, 5.74) is 2.58. The van der Waals surface area contributed by atoms with E-state index in [1.165, 1.54) is 4.90 Å². The van der Waals surface area contributed by atoms with Crippen LogP contribution >= 0.6 is 0 Å². The molecule has 22 heavy (non-hydrogen) atoms. The Balaban J connectivity index is 1.94. The van der Waals surface area contributed by atoms with E-state index in [2.05, 4.69) is 0 Å². The first kappa shape index (κ1) is 16.0. The summed E-state index contributed by atoms with van der Waals surface area (Å²) in [6.45, 7) is 2.17. The normalized spacial score (nSPS) is 11.8. The first-order valence-corrected chi connectivity index (χ1v) is 7.16. The van der Waals surface area contributed by atoms with E-state index in [0.717, 1.165) is 11.1 Å². The van der Waals surface area contributed by atoms with Crippen LogP contribution in [0.3, 0.4) is 0 Å². The predicted molar refractivity (Wildman–Crippen MR) is 86.1 cm³/mol. The van der Waals surface area contributed by atoms with Crippen LogP contribution in [-0.4, -0.2) is 36.6 Å². The SMILES string of the molecule is Cc1ccc(C(O)COc2ccc(C(=O)N(C)C)cc2)cc1. The molecule has 0 saturated carbocycles. The van der Waals surface area contributed by atoms with Crippen molar-refractivity contribution in [3.8, 4) is 5.75 Å². The van der Waals surface area contributed by atoms with Crippen LogP contribution in [0.2, 0.25) is 0 Å². The van der Waals surface area contributed by atoms with E-state index in [0.29, 0.717) is 11.3 Å². The topological polar surface area (TPSA) is 49.8 Å². The summed E-state index contributed by atoms with van der Waals surface area (Å²) in [7, 11) is 3.43. The first-order chi connectivity index (χ1) is 10.5. The molecule has 116 valence electrons. The van der Waals surface area contributed by atoms with Crippen LogP contribution in [0, 0.1) is 6.92 Å². The van der Waals surface area contributed by atoms with Gasteiger partial charge in [0.05, 0.1) is 0 Å². The van der Waals surface area contributed by atoms with E-state index < -0.39 is 6.10 Å². The third kappa shape index (κ3) is 4.09. The molecule has 2 aromatic rings. The van der Waals surface area contributed by atoms with E-state index in [4.69, 9.17) is 4.74 Å². The number of rotatable bonds is 5. The molecule has 0 aliphatic rings. The minimum Gasteiger partial charge on any atom is -0.491 e. The van der Waals surface area contributed by atoms with E-state index in [1.54, 1.807) is 38.4 Å². The van der Waals surface area contributed by atoms with Gasteiger partial charge in [-0.2, -0.15) is 0 Å². The lowest BCUT2D eigenvalue weighted by Crippen LogP contribution is -2.21. The fourth-order valence-electron chi connectivity index (χ4n) is 2.01. The number of aliphatic hydroxyl groups excluding tert-OH is 1. The monoisotopic (exact) mass is 299 g/mol. The van der Waals surface area contributed by atoms with Crippen LogP contribution in [0.5, 0.6) is 5.75 Å². The summed E-state index contributed by atoms with van der Waals surface area (Å²) in [6.07, 6.45) is -0.677. The molecule has 0 aromatic heterocycles. The van der Waals surface area contributed by atoms with Gasteiger partial charge in [-0.15, -0.1) is 0 Å². The van der Waals surface area contributed by atoms with Gasteiger partial charge in [-0.1, -0.05) is 29.8 Å². The van der Waals surface area contributed by atoms with Gasteiger partial charge in [0.2, 0.25) is 0 Å². The molecular formula is C18H21NO3. The van der Waals surface area contributed by atoms with E-state index >= 15 is 0 Å². The Morgan fingerprint density at radius 1 is 1.09 bits per heavy atom. The highest BCUT2D eigenvalue weighted by atomic mass is 16.5. The second-order valence-corrected chi connectivity index (χ2v) is 5.46. The molecule has 2 aromatic carbocycles. The molecular weight excluding hydrogens is 278 g/mol. The smallest absolute Gasteiger partial charge is 0.253 e. The molecule has 0 saturated heterocycles. The van der Waals surface area contributed by atoms with Gasteiger partial charge >= 0.3 is 0 Å². The van der Waals surface area contributed by atoms with Crippen LogP contribution in [0.25, 0.3) is 0 Å². The van der Waals surface area contributed by atoms with Gasteiger partial charge in [-0.3, -0.25) is 4.79 Å². The van der Waals surface area contributed by atoms with Crippen molar-refractivity contribution < 1.29 is 14.6 Å². The van der Waals surface area contributed by atoms with Gasteiger partial charge in [0.25, 0.3) is 5.91 Å². The van der Waals surface area contributed by atoms with E-state index in [1.807, 2.05) is 31.2 Å². The second kappa shape index (κ2) is 7.09. The average Bonchev–Trinajstić information content (AvgIpc) is 2.53. The predicted octanol–water partition coefficient (Wildman–Crippen LogP) is 2.81. The molecule has 0 bridgehead atoms. The molecule has 1 unspecified atom stereocenters. The molecule has 0 heterocycles. The summed E-state index contributed by atoms with van der Waals surface area (Å²) in [4.78, 5) is 13.3. The highest BCUT2D eigenvalue weighted by Gasteiger charge is 2.10. The highest BCUT2D eigenvalue weighted by Crippen LogP contribution is 2.18. The largest absolute Gasteiger partial charge is 0.491 e. The molecule has 4 heteroatoms. The van der Waals surface area contributed by atoms with Gasteiger partial charge in [0.15, 0.2) is 0 Å². The Bertz CT molecular complexity index is 618. The molecule has 0 fully saturated rings.